The van der Waals surface area contributed by atoms with Crippen LogP contribution in [0.2, 0.25) is 0 Å². The molecule has 0 bridgehead atoms. The fraction of sp³-hybridized carbons (Fsp3) is 0.440. The Bertz CT molecular complexity index is 997. The Morgan fingerprint density at radius 3 is 2.77 bits per heavy atom. The first-order valence-corrected chi connectivity index (χ1v) is 11.3. The molecule has 3 aliphatic rings. The van der Waals surface area contributed by atoms with Crippen LogP contribution in [0.25, 0.3) is 0 Å². The van der Waals surface area contributed by atoms with E-state index in [0.29, 0.717) is 23.5 Å². The van der Waals surface area contributed by atoms with E-state index in [-0.39, 0.29) is 11.8 Å². The van der Waals surface area contributed by atoms with Gasteiger partial charge < -0.3 is 15.4 Å². The van der Waals surface area contributed by atoms with Crippen molar-refractivity contribution in [2.24, 2.45) is 0 Å². The van der Waals surface area contributed by atoms with Crippen molar-refractivity contribution in [3.8, 4) is 5.75 Å². The molecule has 31 heavy (non-hydrogen) atoms. The van der Waals surface area contributed by atoms with E-state index in [0.717, 1.165) is 58.2 Å². The summed E-state index contributed by atoms with van der Waals surface area (Å²) in [7, 11) is 0. The minimum Gasteiger partial charge on any atom is -0.475 e. The molecule has 1 aliphatic carbocycles. The highest BCUT2D eigenvalue weighted by Gasteiger charge is 2.46. The summed E-state index contributed by atoms with van der Waals surface area (Å²) in [4.78, 5) is 27.6. The molecule has 2 heterocycles. The topological polar surface area (TPSA) is 70.7 Å². The zero-order chi connectivity index (χ0) is 21.3. The van der Waals surface area contributed by atoms with Gasteiger partial charge in [-0.05, 0) is 67.9 Å². The molecule has 0 aromatic heterocycles. The molecule has 0 saturated heterocycles. The summed E-state index contributed by atoms with van der Waals surface area (Å²) in [5, 5.41) is 5.96. The van der Waals surface area contributed by atoms with Crippen molar-refractivity contribution in [3.05, 3.63) is 59.2 Å². The molecule has 1 spiro atoms. The van der Waals surface area contributed by atoms with Crippen LogP contribution < -0.4 is 15.4 Å². The normalized spacial score (nSPS) is 19.3. The van der Waals surface area contributed by atoms with Crippen LogP contribution in [-0.4, -0.2) is 41.9 Å². The van der Waals surface area contributed by atoms with E-state index < -0.39 is 5.60 Å². The predicted molar refractivity (Wildman–Crippen MR) is 119 cm³/mol. The van der Waals surface area contributed by atoms with Crippen LogP contribution in [0.3, 0.4) is 0 Å². The summed E-state index contributed by atoms with van der Waals surface area (Å²) in [6, 6.07) is 13.9. The SMILES string of the molecule is O=C(NCCCN1CCc2ccccc2C1)c1ccc2c(c1)NC(=O)C1(CCCC1)O2. The molecular weight excluding hydrogens is 390 g/mol. The van der Waals surface area contributed by atoms with Crippen LogP contribution in [0.4, 0.5) is 5.69 Å². The molecule has 2 aromatic carbocycles. The van der Waals surface area contributed by atoms with Gasteiger partial charge in [-0.2, -0.15) is 0 Å². The lowest BCUT2D eigenvalue weighted by Gasteiger charge is -2.34. The van der Waals surface area contributed by atoms with Gasteiger partial charge in [-0.1, -0.05) is 24.3 Å². The van der Waals surface area contributed by atoms with Gasteiger partial charge in [0.15, 0.2) is 5.60 Å². The number of rotatable bonds is 5. The predicted octanol–water partition coefficient (Wildman–Crippen LogP) is 3.51. The van der Waals surface area contributed by atoms with Crippen molar-refractivity contribution in [3.63, 3.8) is 0 Å². The van der Waals surface area contributed by atoms with Gasteiger partial charge in [0.25, 0.3) is 11.8 Å². The van der Waals surface area contributed by atoms with Crippen molar-refractivity contribution in [2.75, 3.05) is 25.0 Å². The number of carbonyl (C=O) groups excluding carboxylic acids is 2. The maximum atomic E-state index is 12.6. The van der Waals surface area contributed by atoms with E-state index in [2.05, 4.69) is 39.8 Å². The maximum absolute atomic E-state index is 12.6. The lowest BCUT2D eigenvalue weighted by molar-refractivity contribution is -0.131. The van der Waals surface area contributed by atoms with Crippen molar-refractivity contribution in [1.82, 2.24) is 10.2 Å². The Morgan fingerprint density at radius 2 is 1.94 bits per heavy atom. The van der Waals surface area contributed by atoms with E-state index >= 15 is 0 Å². The molecule has 0 unspecified atom stereocenters. The third-order valence-corrected chi connectivity index (χ3v) is 6.77. The highest BCUT2D eigenvalue weighted by atomic mass is 16.5. The molecular formula is C25H29N3O3. The Balaban J connectivity index is 1.12. The maximum Gasteiger partial charge on any atom is 0.268 e. The fourth-order valence-corrected chi connectivity index (χ4v) is 4.98. The number of anilines is 1. The lowest BCUT2D eigenvalue weighted by Crippen LogP contribution is -2.48. The van der Waals surface area contributed by atoms with Gasteiger partial charge in [0.05, 0.1) is 5.69 Å². The van der Waals surface area contributed by atoms with Gasteiger partial charge in [-0.3, -0.25) is 14.5 Å². The van der Waals surface area contributed by atoms with Crippen LogP contribution in [-0.2, 0) is 17.8 Å². The Hall–Kier alpha value is -2.86. The standard InChI is InChI=1S/C25H29N3O3/c29-23(26-13-5-14-28-15-10-18-6-1-2-7-20(18)17-28)19-8-9-22-21(16-19)27-24(30)25(31-22)11-3-4-12-25/h1-2,6-9,16H,3-5,10-15,17H2,(H,26,29)(H,27,30). The molecule has 2 aliphatic heterocycles. The average Bonchev–Trinajstić information content (AvgIpc) is 3.26. The number of carbonyl (C=O) groups is 2. The molecule has 162 valence electrons. The highest BCUT2D eigenvalue weighted by Crippen LogP contribution is 2.42. The Morgan fingerprint density at radius 1 is 1.13 bits per heavy atom. The highest BCUT2D eigenvalue weighted by molar-refractivity contribution is 6.03. The number of ether oxygens (including phenoxy) is 1. The van der Waals surface area contributed by atoms with Crippen LogP contribution in [0, 0.1) is 0 Å². The minimum atomic E-state index is -0.717. The number of nitrogens with one attached hydrogen (secondary N) is 2. The van der Waals surface area contributed by atoms with E-state index in [1.165, 1.54) is 11.1 Å². The lowest BCUT2D eigenvalue weighted by atomic mass is 9.98. The molecule has 0 atom stereocenters. The monoisotopic (exact) mass is 419 g/mol. The smallest absolute Gasteiger partial charge is 0.268 e. The van der Waals surface area contributed by atoms with Crippen molar-refractivity contribution in [1.29, 1.82) is 0 Å². The average molecular weight is 420 g/mol. The number of benzene rings is 2. The second kappa shape index (κ2) is 8.35. The zero-order valence-corrected chi connectivity index (χ0v) is 17.8. The first kappa shape index (κ1) is 20.1. The second-order valence-corrected chi connectivity index (χ2v) is 8.87. The molecule has 2 aromatic rings. The molecule has 1 saturated carbocycles. The van der Waals surface area contributed by atoms with Gasteiger partial charge in [-0.25, -0.2) is 0 Å². The summed E-state index contributed by atoms with van der Waals surface area (Å²) in [5.41, 5.74) is 3.27. The summed E-state index contributed by atoms with van der Waals surface area (Å²) < 4.78 is 6.07. The van der Waals surface area contributed by atoms with E-state index in [4.69, 9.17) is 4.74 Å². The summed E-state index contributed by atoms with van der Waals surface area (Å²) in [6.07, 6.45) is 5.51. The number of fused-ring (bicyclic) bond motifs is 2. The van der Waals surface area contributed by atoms with E-state index in [1.54, 1.807) is 18.2 Å². The number of amides is 2. The third kappa shape index (κ3) is 4.04. The molecule has 6 nitrogen and oxygen atoms in total. The first-order valence-electron chi connectivity index (χ1n) is 11.3. The minimum absolute atomic E-state index is 0.0850. The summed E-state index contributed by atoms with van der Waals surface area (Å²) >= 11 is 0. The van der Waals surface area contributed by atoms with E-state index in [9.17, 15) is 9.59 Å². The number of hydrogen-bond donors (Lipinski definition) is 2. The van der Waals surface area contributed by atoms with Crippen molar-refractivity contribution in [2.45, 2.75) is 50.7 Å². The molecule has 0 radical (unpaired) electrons. The van der Waals surface area contributed by atoms with Crippen LogP contribution in [0.1, 0.15) is 53.6 Å². The van der Waals surface area contributed by atoms with Gasteiger partial charge >= 0.3 is 0 Å². The Labute approximate surface area is 183 Å². The van der Waals surface area contributed by atoms with Gasteiger partial charge in [0.1, 0.15) is 5.75 Å². The molecule has 2 amide bonds. The zero-order valence-electron chi connectivity index (χ0n) is 17.8. The molecule has 6 heteroatoms. The number of hydrogen-bond acceptors (Lipinski definition) is 4. The van der Waals surface area contributed by atoms with Crippen LogP contribution in [0.15, 0.2) is 42.5 Å². The van der Waals surface area contributed by atoms with Gasteiger partial charge in [-0.15, -0.1) is 0 Å². The van der Waals surface area contributed by atoms with Crippen LogP contribution in [0.5, 0.6) is 5.75 Å². The summed E-state index contributed by atoms with van der Waals surface area (Å²) in [6.45, 7) is 3.64. The summed E-state index contributed by atoms with van der Waals surface area (Å²) in [5.74, 6) is 0.448. The molecule has 2 N–H and O–H groups in total. The second-order valence-electron chi connectivity index (χ2n) is 8.87. The van der Waals surface area contributed by atoms with Crippen LogP contribution >= 0.6 is 0 Å². The number of nitrogens with zero attached hydrogens (tertiary/aromatic N) is 1. The Kier molecular flexibility index (Phi) is 5.40. The van der Waals surface area contributed by atoms with Crippen molar-refractivity contribution >= 4 is 17.5 Å². The molecule has 5 rings (SSSR count). The molecule has 1 fully saturated rings. The van der Waals surface area contributed by atoms with Crippen molar-refractivity contribution < 1.29 is 14.3 Å². The van der Waals surface area contributed by atoms with E-state index in [1.807, 2.05) is 0 Å². The third-order valence-electron chi connectivity index (χ3n) is 6.77. The largest absolute Gasteiger partial charge is 0.475 e. The quantitative estimate of drug-likeness (QED) is 0.728. The van der Waals surface area contributed by atoms with Gasteiger partial charge in [0, 0.05) is 31.7 Å². The first-order chi connectivity index (χ1) is 15.1. The van der Waals surface area contributed by atoms with Gasteiger partial charge in [0.2, 0.25) is 0 Å². The fourth-order valence-electron chi connectivity index (χ4n) is 4.98.